The fourth-order valence-corrected chi connectivity index (χ4v) is 2.47. The van der Waals surface area contributed by atoms with E-state index in [0.717, 1.165) is 4.47 Å². The van der Waals surface area contributed by atoms with Crippen LogP contribution in [0.3, 0.4) is 0 Å². The van der Waals surface area contributed by atoms with E-state index in [0.29, 0.717) is 35.1 Å². The number of carbonyl (C=O) groups is 2. The standard InChI is InChI=1S/C19H21BrN2O3/c1-12(2)11-25-17-9-6-14(20)10-16(17)19(24)22-15-7-4-13(5-8-15)18(23)21-3/h4-10,12H,11H2,1-3H3,(H,21,23)(H,22,24). The Bertz CT molecular complexity index is 758. The lowest BCUT2D eigenvalue weighted by molar-refractivity contribution is 0.0962. The number of amides is 2. The maximum Gasteiger partial charge on any atom is 0.259 e. The predicted octanol–water partition coefficient (Wildman–Crippen LogP) is 4.10. The second-order valence-corrected chi connectivity index (χ2v) is 6.87. The Balaban J connectivity index is 2.17. The highest BCUT2D eigenvalue weighted by Gasteiger charge is 2.14. The summed E-state index contributed by atoms with van der Waals surface area (Å²) in [7, 11) is 1.57. The fraction of sp³-hybridized carbons (Fsp3) is 0.263. The Morgan fingerprint density at radius 2 is 1.76 bits per heavy atom. The zero-order valence-corrected chi connectivity index (χ0v) is 16.0. The first-order valence-electron chi connectivity index (χ1n) is 7.96. The van der Waals surface area contributed by atoms with Crippen molar-refractivity contribution in [1.82, 2.24) is 5.32 Å². The van der Waals surface area contributed by atoms with Crippen molar-refractivity contribution in [3.8, 4) is 5.75 Å². The van der Waals surface area contributed by atoms with Crippen molar-refractivity contribution in [2.24, 2.45) is 5.92 Å². The van der Waals surface area contributed by atoms with Crippen molar-refractivity contribution in [2.75, 3.05) is 19.0 Å². The Labute approximate surface area is 155 Å². The number of ether oxygens (including phenoxy) is 1. The van der Waals surface area contributed by atoms with Crippen LogP contribution in [0.4, 0.5) is 5.69 Å². The minimum atomic E-state index is -0.271. The molecule has 2 N–H and O–H groups in total. The topological polar surface area (TPSA) is 67.4 Å². The highest BCUT2D eigenvalue weighted by molar-refractivity contribution is 9.10. The van der Waals surface area contributed by atoms with Crippen molar-refractivity contribution in [2.45, 2.75) is 13.8 Å². The molecule has 2 aromatic rings. The van der Waals surface area contributed by atoms with Crippen LogP contribution >= 0.6 is 15.9 Å². The predicted molar refractivity (Wildman–Crippen MR) is 102 cm³/mol. The van der Waals surface area contributed by atoms with E-state index in [9.17, 15) is 9.59 Å². The molecular formula is C19H21BrN2O3. The molecule has 132 valence electrons. The molecule has 0 aromatic heterocycles. The van der Waals surface area contributed by atoms with Gasteiger partial charge in [0.25, 0.3) is 11.8 Å². The van der Waals surface area contributed by atoms with Crippen LogP contribution in [-0.4, -0.2) is 25.5 Å². The summed E-state index contributed by atoms with van der Waals surface area (Å²) in [5, 5.41) is 5.38. The van der Waals surface area contributed by atoms with Gasteiger partial charge in [0.05, 0.1) is 12.2 Å². The maximum absolute atomic E-state index is 12.6. The lowest BCUT2D eigenvalue weighted by Gasteiger charge is -2.14. The number of hydrogen-bond acceptors (Lipinski definition) is 3. The Morgan fingerprint density at radius 3 is 2.36 bits per heavy atom. The smallest absolute Gasteiger partial charge is 0.259 e. The Morgan fingerprint density at radius 1 is 1.08 bits per heavy atom. The maximum atomic E-state index is 12.6. The second kappa shape index (κ2) is 8.67. The number of hydrogen-bond donors (Lipinski definition) is 2. The monoisotopic (exact) mass is 404 g/mol. The van der Waals surface area contributed by atoms with Crippen LogP contribution in [0.2, 0.25) is 0 Å². The van der Waals surface area contributed by atoms with Gasteiger partial charge in [0.15, 0.2) is 0 Å². The van der Waals surface area contributed by atoms with Gasteiger partial charge in [0.2, 0.25) is 0 Å². The van der Waals surface area contributed by atoms with Gasteiger partial charge in [-0.1, -0.05) is 29.8 Å². The molecule has 0 aliphatic rings. The summed E-state index contributed by atoms with van der Waals surface area (Å²) in [5.74, 6) is 0.454. The SMILES string of the molecule is CNC(=O)c1ccc(NC(=O)c2cc(Br)ccc2OCC(C)C)cc1. The molecule has 0 saturated carbocycles. The average Bonchev–Trinajstić information content (AvgIpc) is 2.60. The van der Waals surface area contributed by atoms with Crippen molar-refractivity contribution in [3.63, 3.8) is 0 Å². The van der Waals surface area contributed by atoms with Crippen molar-refractivity contribution < 1.29 is 14.3 Å². The summed E-state index contributed by atoms with van der Waals surface area (Å²) in [5.41, 5.74) is 1.58. The highest BCUT2D eigenvalue weighted by atomic mass is 79.9. The third kappa shape index (κ3) is 5.32. The largest absolute Gasteiger partial charge is 0.492 e. The molecule has 2 rings (SSSR count). The number of rotatable bonds is 6. The highest BCUT2D eigenvalue weighted by Crippen LogP contribution is 2.25. The van der Waals surface area contributed by atoms with Crippen LogP contribution in [0, 0.1) is 5.92 Å². The van der Waals surface area contributed by atoms with Crippen molar-refractivity contribution in [1.29, 1.82) is 0 Å². The van der Waals surface area contributed by atoms with Crippen molar-refractivity contribution in [3.05, 3.63) is 58.1 Å². The molecule has 2 aromatic carbocycles. The molecule has 0 fully saturated rings. The molecule has 0 unspecified atom stereocenters. The molecular weight excluding hydrogens is 384 g/mol. The van der Waals surface area contributed by atoms with Crippen LogP contribution in [0.15, 0.2) is 46.9 Å². The molecule has 0 bridgehead atoms. The van der Waals surface area contributed by atoms with Gasteiger partial charge in [-0.15, -0.1) is 0 Å². The van der Waals surface area contributed by atoms with Crippen LogP contribution in [0.1, 0.15) is 34.6 Å². The third-order valence-corrected chi connectivity index (χ3v) is 3.88. The number of carbonyl (C=O) groups excluding carboxylic acids is 2. The van der Waals surface area contributed by atoms with E-state index in [1.54, 1.807) is 43.4 Å². The van der Waals surface area contributed by atoms with Crippen molar-refractivity contribution >= 4 is 33.4 Å². The summed E-state index contributed by atoms with van der Waals surface area (Å²) in [6.45, 7) is 4.63. The van der Waals surface area contributed by atoms with Crippen LogP contribution in [-0.2, 0) is 0 Å². The summed E-state index contributed by atoms with van der Waals surface area (Å²) in [6, 6.07) is 12.0. The first kappa shape index (κ1) is 19.0. The van der Waals surface area contributed by atoms with Crippen LogP contribution in [0.25, 0.3) is 0 Å². The molecule has 25 heavy (non-hydrogen) atoms. The number of anilines is 1. The Hall–Kier alpha value is -2.34. The Kier molecular flexibility index (Phi) is 6.58. The molecule has 0 radical (unpaired) electrons. The van der Waals surface area contributed by atoms with E-state index >= 15 is 0 Å². The van der Waals surface area contributed by atoms with E-state index in [-0.39, 0.29) is 11.8 Å². The minimum absolute atomic E-state index is 0.172. The average molecular weight is 405 g/mol. The number of halogens is 1. The molecule has 0 saturated heterocycles. The summed E-state index contributed by atoms with van der Waals surface area (Å²) >= 11 is 3.38. The summed E-state index contributed by atoms with van der Waals surface area (Å²) < 4.78 is 6.54. The molecule has 2 amide bonds. The van der Waals surface area contributed by atoms with Gasteiger partial charge in [-0.05, 0) is 48.4 Å². The molecule has 0 aliphatic heterocycles. The van der Waals surface area contributed by atoms with E-state index < -0.39 is 0 Å². The van der Waals surface area contributed by atoms with Crippen LogP contribution in [0.5, 0.6) is 5.75 Å². The van der Waals surface area contributed by atoms with Crippen LogP contribution < -0.4 is 15.4 Å². The van der Waals surface area contributed by atoms with E-state index in [4.69, 9.17) is 4.74 Å². The first-order valence-corrected chi connectivity index (χ1v) is 8.76. The van der Waals surface area contributed by atoms with Gasteiger partial charge < -0.3 is 15.4 Å². The van der Waals surface area contributed by atoms with Gasteiger partial charge >= 0.3 is 0 Å². The molecule has 0 aliphatic carbocycles. The molecule has 5 nitrogen and oxygen atoms in total. The number of nitrogens with one attached hydrogen (secondary N) is 2. The minimum Gasteiger partial charge on any atom is -0.492 e. The summed E-state index contributed by atoms with van der Waals surface area (Å²) in [4.78, 5) is 24.2. The first-order chi connectivity index (χ1) is 11.9. The lowest BCUT2D eigenvalue weighted by atomic mass is 10.1. The quantitative estimate of drug-likeness (QED) is 0.761. The molecule has 6 heteroatoms. The van der Waals surface area contributed by atoms with Gasteiger partial charge in [-0.2, -0.15) is 0 Å². The lowest BCUT2D eigenvalue weighted by Crippen LogP contribution is -2.18. The fourth-order valence-electron chi connectivity index (χ4n) is 2.11. The van der Waals surface area contributed by atoms with E-state index in [1.165, 1.54) is 0 Å². The molecule has 0 spiro atoms. The van der Waals surface area contributed by atoms with Gasteiger partial charge in [-0.3, -0.25) is 9.59 Å². The van der Waals surface area contributed by atoms with E-state index in [2.05, 4.69) is 26.6 Å². The zero-order chi connectivity index (χ0) is 18.4. The molecule has 0 atom stereocenters. The summed E-state index contributed by atoms with van der Waals surface area (Å²) in [6.07, 6.45) is 0. The zero-order valence-electron chi connectivity index (χ0n) is 14.4. The number of benzene rings is 2. The normalized spacial score (nSPS) is 10.4. The molecule has 0 heterocycles. The van der Waals surface area contributed by atoms with Gasteiger partial charge in [0.1, 0.15) is 5.75 Å². The second-order valence-electron chi connectivity index (χ2n) is 5.96. The third-order valence-electron chi connectivity index (χ3n) is 3.39. The van der Waals surface area contributed by atoms with E-state index in [1.807, 2.05) is 19.9 Å². The van der Waals surface area contributed by atoms with Gasteiger partial charge in [0, 0.05) is 22.8 Å². The van der Waals surface area contributed by atoms with Gasteiger partial charge in [-0.25, -0.2) is 0 Å².